The molecular weight excluding hydrogens is 280 g/mol. The second-order valence-corrected chi connectivity index (χ2v) is 5.84. The monoisotopic (exact) mass is 298 g/mol. The quantitative estimate of drug-likeness (QED) is 0.496. The van der Waals surface area contributed by atoms with E-state index in [4.69, 9.17) is 4.98 Å². The van der Waals surface area contributed by atoms with E-state index in [0.717, 1.165) is 16.9 Å². The van der Waals surface area contributed by atoms with Gasteiger partial charge in [-0.05, 0) is 35.7 Å². The van der Waals surface area contributed by atoms with Crippen molar-refractivity contribution < 1.29 is 0 Å². The van der Waals surface area contributed by atoms with E-state index in [1.54, 1.807) is 0 Å². The van der Waals surface area contributed by atoms with Gasteiger partial charge in [0.15, 0.2) is 0 Å². The van der Waals surface area contributed by atoms with Gasteiger partial charge in [0.1, 0.15) is 5.82 Å². The van der Waals surface area contributed by atoms with Crippen LogP contribution in [0.15, 0.2) is 72.8 Å². The summed E-state index contributed by atoms with van der Waals surface area (Å²) in [6, 6.07) is 25.3. The van der Waals surface area contributed by atoms with E-state index in [9.17, 15) is 0 Å². The molecular formula is C21H18N2. The lowest BCUT2D eigenvalue weighted by molar-refractivity contribution is 0.960. The average molecular weight is 298 g/mol. The van der Waals surface area contributed by atoms with Crippen LogP contribution in [0.3, 0.4) is 0 Å². The molecule has 0 spiro atoms. The van der Waals surface area contributed by atoms with Gasteiger partial charge in [0.25, 0.3) is 0 Å². The van der Waals surface area contributed by atoms with E-state index in [0.29, 0.717) is 0 Å². The topological polar surface area (TPSA) is 17.8 Å². The van der Waals surface area contributed by atoms with Gasteiger partial charge in [0, 0.05) is 12.6 Å². The van der Waals surface area contributed by atoms with E-state index in [1.807, 2.05) is 6.07 Å². The van der Waals surface area contributed by atoms with Gasteiger partial charge in [-0.15, -0.1) is 0 Å². The van der Waals surface area contributed by atoms with E-state index >= 15 is 0 Å². The van der Waals surface area contributed by atoms with E-state index in [2.05, 4.69) is 85.3 Å². The molecule has 1 heterocycles. The molecule has 0 aliphatic carbocycles. The van der Waals surface area contributed by atoms with Crippen molar-refractivity contribution in [3.63, 3.8) is 0 Å². The summed E-state index contributed by atoms with van der Waals surface area (Å²) in [6.07, 6.45) is 0. The van der Waals surface area contributed by atoms with Crippen LogP contribution in [0.25, 0.3) is 33.5 Å². The van der Waals surface area contributed by atoms with E-state index in [1.165, 1.54) is 22.3 Å². The minimum absolute atomic E-state index is 1.00. The van der Waals surface area contributed by atoms with Crippen molar-refractivity contribution in [3.05, 3.63) is 78.4 Å². The predicted molar refractivity (Wildman–Crippen MR) is 96.3 cm³/mol. The number of hydrogen-bond acceptors (Lipinski definition) is 1. The molecule has 2 heteroatoms. The summed E-state index contributed by atoms with van der Waals surface area (Å²) in [5, 5.41) is 0. The van der Waals surface area contributed by atoms with Gasteiger partial charge in [-0.3, -0.25) is 0 Å². The molecule has 0 radical (unpaired) electrons. The number of imidazole rings is 1. The van der Waals surface area contributed by atoms with Crippen molar-refractivity contribution in [2.75, 3.05) is 0 Å². The molecule has 0 bridgehead atoms. The standard InChI is InChI=1S/C21H18N2/c1-15-9-3-4-10-16(15)17-11-5-6-12-18(17)21-22-19-13-7-8-14-20(19)23(21)2/h3-14H,1-2H3. The molecule has 0 saturated carbocycles. The summed E-state index contributed by atoms with van der Waals surface area (Å²) in [5.41, 5.74) is 7.12. The maximum Gasteiger partial charge on any atom is 0.141 e. The van der Waals surface area contributed by atoms with Crippen LogP contribution >= 0.6 is 0 Å². The molecule has 0 unspecified atom stereocenters. The van der Waals surface area contributed by atoms with Crippen LogP contribution in [0.5, 0.6) is 0 Å². The van der Waals surface area contributed by atoms with Crippen LogP contribution in [0.2, 0.25) is 0 Å². The van der Waals surface area contributed by atoms with Crippen molar-refractivity contribution in [2.24, 2.45) is 7.05 Å². The predicted octanol–water partition coefficient (Wildman–Crippen LogP) is 5.22. The highest BCUT2D eigenvalue weighted by atomic mass is 15.1. The highest BCUT2D eigenvalue weighted by molar-refractivity contribution is 5.87. The van der Waals surface area contributed by atoms with Crippen LogP contribution in [0.1, 0.15) is 5.56 Å². The highest BCUT2D eigenvalue weighted by Gasteiger charge is 2.14. The Balaban J connectivity index is 2.00. The molecule has 0 amide bonds. The Morgan fingerprint density at radius 2 is 1.30 bits per heavy atom. The number of fused-ring (bicyclic) bond motifs is 1. The van der Waals surface area contributed by atoms with Gasteiger partial charge in [-0.2, -0.15) is 0 Å². The van der Waals surface area contributed by atoms with Gasteiger partial charge in [-0.1, -0.05) is 60.7 Å². The fraction of sp³-hybridized carbons (Fsp3) is 0.0952. The summed E-state index contributed by atoms with van der Waals surface area (Å²) in [5.74, 6) is 1.00. The number of benzene rings is 3. The molecule has 23 heavy (non-hydrogen) atoms. The van der Waals surface area contributed by atoms with Gasteiger partial charge in [-0.25, -0.2) is 4.98 Å². The first-order valence-electron chi connectivity index (χ1n) is 7.82. The molecule has 4 rings (SSSR count). The number of hydrogen-bond donors (Lipinski definition) is 0. The normalized spacial score (nSPS) is 11.0. The zero-order valence-electron chi connectivity index (χ0n) is 13.3. The Bertz CT molecular complexity index is 996. The molecule has 1 aromatic heterocycles. The third-order valence-corrected chi connectivity index (χ3v) is 4.39. The molecule has 0 aliphatic rings. The number of nitrogens with zero attached hydrogens (tertiary/aromatic N) is 2. The first-order valence-corrected chi connectivity index (χ1v) is 7.82. The largest absolute Gasteiger partial charge is 0.327 e. The van der Waals surface area contributed by atoms with E-state index < -0.39 is 0 Å². The third kappa shape index (κ3) is 2.23. The molecule has 4 aromatic rings. The molecule has 3 aromatic carbocycles. The smallest absolute Gasteiger partial charge is 0.141 e. The van der Waals surface area contributed by atoms with Crippen LogP contribution in [-0.2, 0) is 7.05 Å². The van der Waals surface area contributed by atoms with Crippen LogP contribution < -0.4 is 0 Å². The Morgan fingerprint density at radius 3 is 2.04 bits per heavy atom. The van der Waals surface area contributed by atoms with Crippen LogP contribution in [-0.4, -0.2) is 9.55 Å². The van der Waals surface area contributed by atoms with Crippen molar-refractivity contribution in [3.8, 4) is 22.5 Å². The Morgan fingerprint density at radius 1 is 0.696 bits per heavy atom. The second kappa shape index (κ2) is 5.40. The van der Waals surface area contributed by atoms with Gasteiger partial charge < -0.3 is 4.57 Å². The summed E-state index contributed by atoms with van der Waals surface area (Å²) >= 11 is 0. The fourth-order valence-electron chi connectivity index (χ4n) is 3.17. The molecule has 0 fully saturated rings. The number of aryl methyl sites for hydroxylation is 2. The highest BCUT2D eigenvalue weighted by Crippen LogP contribution is 2.34. The lowest BCUT2D eigenvalue weighted by Crippen LogP contribution is -1.95. The van der Waals surface area contributed by atoms with Crippen molar-refractivity contribution >= 4 is 11.0 Å². The molecule has 0 atom stereocenters. The van der Waals surface area contributed by atoms with Crippen molar-refractivity contribution in [1.82, 2.24) is 9.55 Å². The summed E-state index contributed by atoms with van der Waals surface area (Å²) in [4.78, 5) is 4.86. The lowest BCUT2D eigenvalue weighted by Gasteiger charge is -2.12. The zero-order valence-corrected chi connectivity index (χ0v) is 13.3. The molecule has 2 nitrogen and oxygen atoms in total. The maximum absolute atomic E-state index is 4.86. The van der Waals surface area contributed by atoms with Crippen LogP contribution in [0, 0.1) is 6.92 Å². The first kappa shape index (κ1) is 13.8. The van der Waals surface area contributed by atoms with Crippen molar-refractivity contribution in [2.45, 2.75) is 6.92 Å². The average Bonchev–Trinajstić information content (AvgIpc) is 2.93. The minimum Gasteiger partial charge on any atom is -0.327 e. The summed E-state index contributed by atoms with van der Waals surface area (Å²) < 4.78 is 2.17. The van der Waals surface area contributed by atoms with Gasteiger partial charge in [0.05, 0.1) is 11.0 Å². The fourth-order valence-corrected chi connectivity index (χ4v) is 3.17. The zero-order chi connectivity index (χ0) is 15.8. The molecule has 0 N–H and O–H groups in total. The first-order chi connectivity index (χ1) is 11.3. The van der Waals surface area contributed by atoms with Crippen molar-refractivity contribution in [1.29, 1.82) is 0 Å². The van der Waals surface area contributed by atoms with Gasteiger partial charge >= 0.3 is 0 Å². The minimum atomic E-state index is 1.00. The maximum atomic E-state index is 4.86. The number of aromatic nitrogens is 2. The number of rotatable bonds is 2. The number of para-hydroxylation sites is 2. The Kier molecular flexibility index (Phi) is 3.23. The van der Waals surface area contributed by atoms with Gasteiger partial charge in [0.2, 0.25) is 0 Å². The second-order valence-electron chi connectivity index (χ2n) is 5.84. The SMILES string of the molecule is Cc1ccccc1-c1ccccc1-c1nc2ccccc2n1C. The third-order valence-electron chi connectivity index (χ3n) is 4.39. The molecule has 0 aliphatic heterocycles. The summed E-state index contributed by atoms with van der Waals surface area (Å²) in [6.45, 7) is 2.15. The molecule has 0 saturated heterocycles. The van der Waals surface area contributed by atoms with E-state index in [-0.39, 0.29) is 0 Å². The molecule has 112 valence electrons. The Hall–Kier alpha value is -2.87. The van der Waals surface area contributed by atoms with Crippen LogP contribution in [0.4, 0.5) is 0 Å². The summed E-state index contributed by atoms with van der Waals surface area (Å²) in [7, 11) is 2.08. The Labute approximate surface area is 136 Å². The lowest BCUT2D eigenvalue weighted by atomic mass is 9.96.